The third-order valence-corrected chi connectivity index (χ3v) is 3.98. The summed E-state index contributed by atoms with van der Waals surface area (Å²) in [6, 6.07) is 6.23. The van der Waals surface area contributed by atoms with Crippen LogP contribution >= 0.6 is 0 Å². The largest absolute Gasteiger partial charge is 0.350 e. The molecule has 3 N–H and O–H groups in total. The third kappa shape index (κ3) is 2.55. The summed E-state index contributed by atoms with van der Waals surface area (Å²) in [4.78, 5) is 38.2. The van der Waals surface area contributed by atoms with Crippen LogP contribution in [0.1, 0.15) is 16.8 Å². The number of benzene rings is 1. The molecule has 1 aromatic rings. The number of likely N-dealkylation sites (N-methyl/N-ethyl adjacent to an activating group) is 1. The van der Waals surface area contributed by atoms with Crippen molar-refractivity contribution in [1.82, 2.24) is 15.5 Å². The standard InChI is InChI=1S/C15H18N4O3/c1-16-7-13(20)17-9-6-12-14(21)18-11-5-3-2-4-10(11)15(22)19(12)8-9/h2-5,9,12,16H,6-8H2,1H3,(H,17,20)(H,18,21)/t9-,12-/m0/s1. The van der Waals surface area contributed by atoms with E-state index in [-0.39, 0.29) is 30.3 Å². The van der Waals surface area contributed by atoms with Crippen LogP contribution in [0.2, 0.25) is 0 Å². The Bertz CT molecular complexity index is 631. The first-order valence-electron chi connectivity index (χ1n) is 7.25. The zero-order valence-corrected chi connectivity index (χ0v) is 12.3. The Kier molecular flexibility index (Phi) is 3.81. The molecule has 0 spiro atoms. The van der Waals surface area contributed by atoms with Crippen molar-refractivity contribution in [1.29, 1.82) is 0 Å². The van der Waals surface area contributed by atoms with Gasteiger partial charge in [0, 0.05) is 12.6 Å². The first-order chi connectivity index (χ1) is 10.6. The van der Waals surface area contributed by atoms with E-state index in [9.17, 15) is 14.4 Å². The van der Waals surface area contributed by atoms with Gasteiger partial charge in [0.1, 0.15) is 6.04 Å². The molecule has 2 aliphatic rings. The highest BCUT2D eigenvalue weighted by molar-refractivity contribution is 6.10. The van der Waals surface area contributed by atoms with Crippen molar-refractivity contribution in [2.24, 2.45) is 0 Å². The van der Waals surface area contributed by atoms with Crippen LogP contribution in [0.4, 0.5) is 5.69 Å². The van der Waals surface area contributed by atoms with Gasteiger partial charge in [-0.25, -0.2) is 0 Å². The van der Waals surface area contributed by atoms with Gasteiger partial charge in [-0.15, -0.1) is 0 Å². The van der Waals surface area contributed by atoms with Crippen molar-refractivity contribution in [2.45, 2.75) is 18.5 Å². The van der Waals surface area contributed by atoms with Crippen LogP contribution in [0.25, 0.3) is 0 Å². The third-order valence-electron chi connectivity index (χ3n) is 3.98. The van der Waals surface area contributed by atoms with Crippen LogP contribution in [-0.4, -0.2) is 54.8 Å². The molecule has 0 unspecified atom stereocenters. The number of para-hydroxylation sites is 1. The number of anilines is 1. The summed E-state index contributed by atoms with van der Waals surface area (Å²) in [5.41, 5.74) is 1.03. The van der Waals surface area contributed by atoms with Crippen molar-refractivity contribution in [3.05, 3.63) is 29.8 Å². The van der Waals surface area contributed by atoms with E-state index in [4.69, 9.17) is 0 Å². The molecule has 1 saturated heterocycles. The Balaban J connectivity index is 1.80. The average molecular weight is 302 g/mol. The Morgan fingerprint density at radius 1 is 1.36 bits per heavy atom. The highest BCUT2D eigenvalue weighted by Crippen LogP contribution is 2.28. The zero-order chi connectivity index (χ0) is 15.7. The molecule has 0 aliphatic carbocycles. The van der Waals surface area contributed by atoms with Gasteiger partial charge in [0.25, 0.3) is 5.91 Å². The van der Waals surface area contributed by atoms with Crippen LogP contribution in [0.3, 0.4) is 0 Å². The van der Waals surface area contributed by atoms with Crippen LogP contribution < -0.4 is 16.0 Å². The summed E-state index contributed by atoms with van der Waals surface area (Å²) in [7, 11) is 1.69. The number of nitrogens with one attached hydrogen (secondary N) is 3. The van der Waals surface area contributed by atoms with E-state index in [1.165, 1.54) is 0 Å². The molecule has 22 heavy (non-hydrogen) atoms. The minimum Gasteiger partial charge on any atom is -0.350 e. The Morgan fingerprint density at radius 2 is 2.14 bits per heavy atom. The lowest BCUT2D eigenvalue weighted by molar-refractivity contribution is -0.121. The average Bonchev–Trinajstić information content (AvgIpc) is 2.87. The molecular formula is C15H18N4O3. The van der Waals surface area contributed by atoms with Crippen molar-refractivity contribution in [3.8, 4) is 0 Å². The number of carbonyl (C=O) groups is 3. The highest BCUT2D eigenvalue weighted by atomic mass is 16.2. The monoisotopic (exact) mass is 302 g/mol. The van der Waals surface area contributed by atoms with Gasteiger partial charge < -0.3 is 20.9 Å². The molecule has 2 heterocycles. The zero-order valence-electron chi connectivity index (χ0n) is 12.3. The van der Waals surface area contributed by atoms with Gasteiger partial charge in [-0.2, -0.15) is 0 Å². The second kappa shape index (κ2) is 5.76. The number of hydrogen-bond donors (Lipinski definition) is 3. The van der Waals surface area contributed by atoms with E-state index in [1.54, 1.807) is 36.2 Å². The van der Waals surface area contributed by atoms with E-state index in [0.29, 0.717) is 24.2 Å². The number of amides is 3. The molecule has 0 aromatic heterocycles. The van der Waals surface area contributed by atoms with Gasteiger partial charge >= 0.3 is 0 Å². The molecule has 0 bridgehead atoms. The summed E-state index contributed by atoms with van der Waals surface area (Å²) in [5.74, 6) is -0.522. The van der Waals surface area contributed by atoms with E-state index in [2.05, 4.69) is 16.0 Å². The number of nitrogens with zero attached hydrogens (tertiary/aromatic N) is 1. The Hall–Kier alpha value is -2.41. The number of hydrogen-bond acceptors (Lipinski definition) is 4. The molecule has 3 rings (SSSR count). The quantitative estimate of drug-likeness (QED) is 0.706. The smallest absolute Gasteiger partial charge is 0.256 e. The minimum atomic E-state index is -0.542. The number of fused-ring (bicyclic) bond motifs is 2. The van der Waals surface area contributed by atoms with Crippen molar-refractivity contribution < 1.29 is 14.4 Å². The molecule has 7 nitrogen and oxygen atoms in total. The maximum absolute atomic E-state index is 12.6. The highest BCUT2D eigenvalue weighted by Gasteiger charge is 2.42. The number of carbonyl (C=O) groups excluding carboxylic acids is 3. The normalized spacial score (nSPS) is 23.4. The van der Waals surface area contributed by atoms with E-state index in [1.807, 2.05) is 0 Å². The maximum atomic E-state index is 12.6. The topological polar surface area (TPSA) is 90.5 Å². The van der Waals surface area contributed by atoms with Gasteiger partial charge in [-0.3, -0.25) is 14.4 Å². The van der Waals surface area contributed by atoms with Gasteiger partial charge in [0.2, 0.25) is 11.8 Å². The molecule has 1 aromatic carbocycles. The summed E-state index contributed by atoms with van der Waals surface area (Å²) >= 11 is 0. The summed E-state index contributed by atoms with van der Waals surface area (Å²) < 4.78 is 0. The maximum Gasteiger partial charge on any atom is 0.256 e. The molecule has 2 aliphatic heterocycles. The molecule has 1 fully saturated rings. The van der Waals surface area contributed by atoms with Crippen molar-refractivity contribution >= 4 is 23.4 Å². The lowest BCUT2D eigenvalue weighted by Crippen LogP contribution is -2.42. The van der Waals surface area contributed by atoms with Gasteiger partial charge in [0.15, 0.2) is 0 Å². The van der Waals surface area contributed by atoms with Gasteiger partial charge in [-0.05, 0) is 25.6 Å². The summed E-state index contributed by atoms with van der Waals surface area (Å²) in [6.45, 7) is 0.560. The van der Waals surface area contributed by atoms with Crippen LogP contribution in [-0.2, 0) is 9.59 Å². The first kappa shape index (κ1) is 14.5. The fraction of sp³-hybridized carbons (Fsp3) is 0.400. The lowest BCUT2D eigenvalue weighted by atomic mass is 10.1. The molecule has 0 saturated carbocycles. The van der Waals surface area contributed by atoms with Crippen molar-refractivity contribution in [3.63, 3.8) is 0 Å². The molecule has 0 radical (unpaired) electrons. The fourth-order valence-corrected chi connectivity index (χ4v) is 3.00. The molecule has 3 amide bonds. The van der Waals surface area contributed by atoms with Crippen LogP contribution in [0, 0.1) is 0 Å². The van der Waals surface area contributed by atoms with Gasteiger partial charge in [0.05, 0.1) is 17.8 Å². The predicted octanol–water partition coefficient (Wildman–Crippen LogP) is -0.443. The van der Waals surface area contributed by atoms with Crippen molar-refractivity contribution in [2.75, 3.05) is 25.5 Å². The second-order valence-corrected chi connectivity index (χ2v) is 5.54. The first-order valence-corrected chi connectivity index (χ1v) is 7.25. The SMILES string of the molecule is CNCC(=O)N[C@H]1C[C@H]2C(=O)Nc3ccccc3C(=O)N2C1. The summed E-state index contributed by atoms with van der Waals surface area (Å²) in [5, 5.41) is 8.42. The van der Waals surface area contributed by atoms with Gasteiger partial charge in [-0.1, -0.05) is 12.1 Å². The Morgan fingerprint density at radius 3 is 2.91 bits per heavy atom. The Labute approximate surface area is 128 Å². The minimum absolute atomic E-state index is 0.140. The molecular weight excluding hydrogens is 284 g/mol. The van der Waals surface area contributed by atoms with Crippen LogP contribution in [0.5, 0.6) is 0 Å². The van der Waals surface area contributed by atoms with E-state index in [0.717, 1.165) is 0 Å². The predicted molar refractivity (Wildman–Crippen MR) is 80.4 cm³/mol. The fourth-order valence-electron chi connectivity index (χ4n) is 3.00. The lowest BCUT2D eigenvalue weighted by Gasteiger charge is -2.20. The second-order valence-electron chi connectivity index (χ2n) is 5.54. The summed E-state index contributed by atoms with van der Waals surface area (Å²) in [6.07, 6.45) is 0.432. The van der Waals surface area contributed by atoms with E-state index < -0.39 is 6.04 Å². The molecule has 116 valence electrons. The number of rotatable bonds is 3. The van der Waals surface area contributed by atoms with Crippen LogP contribution in [0.15, 0.2) is 24.3 Å². The molecule has 2 atom stereocenters. The van der Waals surface area contributed by atoms with E-state index >= 15 is 0 Å². The molecule has 7 heteroatoms.